The highest BCUT2D eigenvalue weighted by Crippen LogP contribution is 2.39. The maximum atomic E-state index is 12.9. The predicted octanol–water partition coefficient (Wildman–Crippen LogP) is 2.16. The van der Waals surface area contributed by atoms with Crippen molar-refractivity contribution in [3.8, 4) is 0 Å². The zero-order valence-corrected chi connectivity index (χ0v) is 13.0. The number of imide groups is 2. The zero-order chi connectivity index (χ0) is 14.9. The van der Waals surface area contributed by atoms with Crippen LogP contribution < -0.4 is 5.32 Å². The molecule has 1 aliphatic carbocycles. The molecule has 1 saturated carbocycles. The highest BCUT2D eigenvalue weighted by Gasteiger charge is 2.53. The topological polar surface area (TPSA) is 66.5 Å². The van der Waals surface area contributed by atoms with Crippen LogP contribution in [0.3, 0.4) is 0 Å². The summed E-state index contributed by atoms with van der Waals surface area (Å²) in [4.78, 5) is 38.6. The number of hydrogen-bond acceptors (Lipinski definition) is 4. The van der Waals surface area contributed by atoms with Crippen LogP contribution in [0.5, 0.6) is 0 Å². The number of hydrogen-bond donors (Lipinski definition) is 1. The van der Waals surface area contributed by atoms with Crippen molar-refractivity contribution < 1.29 is 14.4 Å². The van der Waals surface area contributed by atoms with Gasteiger partial charge in [-0.1, -0.05) is 25.7 Å². The van der Waals surface area contributed by atoms with Crippen LogP contribution in [0.4, 0.5) is 4.79 Å². The molecule has 3 rings (SSSR count). The smallest absolute Gasteiger partial charge is 0.277 e. The van der Waals surface area contributed by atoms with Gasteiger partial charge in [0.2, 0.25) is 11.8 Å². The van der Waals surface area contributed by atoms with Crippen molar-refractivity contribution in [3.63, 3.8) is 0 Å². The van der Waals surface area contributed by atoms with Crippen molar-refractivity contribution in [2.24, 2.45) is 11.3 Å². The number of barbiturate groups is 1. The Morgan fingerprint density at radius 3 is 2.48 bits per heavy atom. The molecule has 5 nitrogen and oxygen atoms in total. The van der Waals surface area contributed by atoms with Crippen LogP contribution in [-0.4, -0.2) is 40.8 Å². The molecule has 1 N–H and O–H groups in total. The maximum Gasteiger partial charge on any atom is 0.330 e. The fourth-order valence-corrected chi connectivity index (χ4v) is 4.93. The monoisotopic (exact) mass is 310 g/mol. The largest absolute Gasteiger partial charge is 0.330 e. The summed E-state index contributed by atoms with van der Waals surface area (Å²) in [6, 6.07) is -0.517. The van der Waals surface area contributed by atoms with E-state index >= 15 is 0 Å². The number of urea groups is 1. The quantitative estimate of drug-likeness (QED) is 0.794. The van der Waals surface area contributed by atoms with E-state index in [0.717, 1.165) is 43.6 Å². The first-order valence-corrected chi connectivity index (χ1v) is 9.04. The fraction of sp³-hybridized carbons (Fsp3) is 0.800. The van der Waals surface area contributed by atoms with E-state index in [-0.39, 0.29) is 11.8 Å². The lowest BCUT2D eigenvalue weighted by atomic mass is 9.76. The molecular formula is C15H22N2O3S. The van der Waals surface area contributed by atoms with Gasteiger partial charge in [0.25, 0.3) is 0 Å². The number of amides is 4. The number of thioether (sulfide) groups is 1. The van der Waals surface area contributed by atoms with Crippen molar-refractivity contribution in [1.29, 1.82) is 0 Å². The Morgan fingerprint density at radius 2 is 1.86 bits per heavy atom. The van der Waals surface area contributed by atoms with Gasteiger partial charge in [-0.25, -0.2) is 4.79 Å². The van der Waals surface area contributed by atoms with Crippen molar-refractivity contribution in [3.05, 3.63) is 0 Å². The summed E-state index contributed by atoms with van der Waals surface area (Å²) in [6.07, 6.45) is 6.12. The molecule has 3 fully saturated rings. The molecule has 0 aromatic carbocycles. The second-order valence-corrected chi connectivity index (χ2v) is 7.55. The molecule has 21 heavy (non-hydrogen) atoms. The van der Waals surface area contributed by atoms with Gasteiger partial charge in [-0.15, -0.1) is 0 Å². The van der Waals surface area contributed by atoms with E-state index < -0.39 is 11.4 Å². The third-order valence-corrected chi connectivity index (χ3v) is 6.21. The molecule has 1 unspecified atom stereocenters. The normalized spacial score (nSPS) is 29.6. The minimum Gasteiger partial charge on any atom is -0.277 e. The first-order chi connectivity index (χ1) is 10.1. The summed E-state index contributed by atoms with van der Waals surface area (Å²) in [6.45, 7) is 0.465. The molecule has 0 radical (unpaired) electrons. The number of rotatable bonds is 2. The zero-order valence-electron chi connectivity index (χ0n) is 12.2. The summed E-state index contributed by atoms with van der Waals surface area (Å²) in [5.74, 6) is 1.86. The molecule has 3 aliphatic rings. The molecular weight excluding hydrogens is 288 g/mol. The Kier molecular flexibility index (Phi) is 4.24. The summed E-state index contributed by atoms with van der Waals surface area (Å²) in [5.41, 5.74) is -0.976. The van der Waals surface area contributed by atoms with Gasteiger partial charge in [0.05, 0.1) is 0 Å². The first-order valence-electron chi connectivity index (χ1n) is 7.89. The fourth-order valence-electron chi connectivity index (χ4n) is 3.66. The minimum atomic E-state index is -0.976. The van der Waals surface area contributed by atoms with Gasteiger partial charge >= 0.3 is 6.03 Å². The number of nitrogens with one attached hydrogen (secondary N) is 1. The lowest BCUT2D eigenvalue weighted by Crippen LogP contribution is -2.64. The molecule has 116 valence electrons. The summed E-state index contributed by atoms with van der Waals surface area (Å²) >= 11 is 1.87. The van der Waals surface area contributed by atoms with E-state index in [1.165, 1.54) is 4.90 Å². The summed E-state index contributed by atoms with van der Waals surface area (Å²) in [5, 5.41) is 2.44. The number of carbonyl (C=O) groups excluding carboxylic acids is 3. The molecule has 2 saturated heterocycles. The average Bonchev–Trinajstić information content (AvgIpc) is 2.84. The Hall–Kier alpha value is -1.04. The van der Waals surface area contributed by atoms with Crippen LogP contribution in [0.2, 0.25) is 0 Å². The highest BCUT2D eigenvalue weighted by molar-refractivity contribution is 7.99. The van der Waals surface area contributed by atoms with Crippen LogP contribution in [0.1, 0.15) is 44.9 Å². The molecule has 1 atom stereocenters. The SMILES string of the molecule is O=C1NC(=O)C2(CCCCCC2)C(=O)N1CC1CCSC1. The van der Waals surface area contributed by atoms with Gasteiger partial charge in [-0.2, -0.15) is 11.8 Å². The minimum absolute atomic E-state index is 0.241. The van der Waals surface area contributed by atoms with Crippen molar-refractivity contribution in [1.82, 2.24) is 10.2 Å². The van der Waals surface area contributed by atoms with Crippen molar-refractivity contribution in [2.45, 2.75) is 44.9 Å². The Balaban J connectivity index is 1.81. The van der Waals surface area contributed by atoms with E-state index in [2.05, 4.69) is 5.32 Å². The van der Waals surface area contributed by atoms with Gasteiger partial charge in [0.1, 0.15) is 5.41 Å². The third-order valence-electron chi connectivity index (χ3n) is 4.98. The Morgan fingerprint density at radius 1 is 1.14 bits per heavy atom. The summed E-state index contributed by atoms with van der Waals surface area (Å²) in [7, 11) is 0. The van der Waals surface area contributed by atoms with E-state index in [1.54, 1.807) is 0 Å². The number of nitrogens with zero attached hydrogens (tertiary/aromatic N) is 1. The Labute approximate surface area is 129 Å². The molecule has 0 aromatic heterocycles. The third kappa shape index (κ3) is 2.70. The van der Waals surface area contributed by atoms with Gasteiger partial charge in [0.15, 0.2) is 0 Å². The molecule has 1 spiro atoms. The lowest BCUT2D eigenvalue weighted by Gasteiger charge is -2.39. The van der Waals surface area contributed by atoms with E-state index in [0.29, 0.717) is 25.3 Å². The van der Waals surface area contributed by atoms with Gasteiger partial charge in [-0.3, -0.25) is 19.8 Å². The average molecular weight is 310 g/mol. The molecule has 2 heterocycles. The lowest BCUT2D eigenvalue weighted by molar-refractivity contribution is -0.152. The summed E-state index contributed by atoms with van der Waals surface area (Å²) < 4.78 is 0. The maximum absolute atomic E-state index is 12.9. The van der Waals surface area contributed by atoms with Gasteiger partial charge in [-0.05, 0) is 36.7 Å². The van der Waals surface area contributed by atoms with Crippen molar-refractivity contribution >= 4 is 29.6 Å². The van der Waals surface area contributed by atoms with Gasteiger partial charge in [0, 0.05) is 6.54 Å². The van der Waals surface area contributed by atoms with Crippen LogP contribution >= 0.6 is 11.8 Å². The van der Waals surface area contributed by atoms with E-state index in [9.17, 15) is 14.4 Å². The van der Waals surface area contributed by atoms with E-state index in [4.69, 9.17) is 0 Å². The first kappa shape index (κ1) is 14.9. The standard InChI is InChI=1S/C15H22N2O3S/c18-12-15(6-3-1-2-4-7-15)13(19)17(14(20)16-12)9-11-5-8-21-10-11/h11H,1-10H2,(H,16,18,20). The van der Waals surface area contributed by atoms with E-state index in [1.807, 2.05) is 11.8 Å². The second kappa shape index (κ2) is 5.99. The van der Waals surface area contributed by atoms with Crippen LogP contribution in [0, 0.1) is 11.3 Å². The molecule has 6 heteroatoms. The number of carbonyl (C=O) groups is 3. The van der Waals surface area contributed by atoms with Crippen LogP contribution in [-0.2, 0) is 9.59 Å². The predicted molar refractivity (Wildman–Crippen MR) is 80.8 cm³/mol. The Bertz CT molecular complexity index is 452. The van der Waals surface area contributed by atoms with Crippen LogP contribution in [0.15, 0.2) is 0 Å². The van der Waals surface area contributed by atoms with Gasteiger partial charge < -0.3 is 0 Å². The second-order valence-electron chi connectivity index (χ2n) is 6.40. The molecule has 4 amide bonds. The highest BCUT2D eigenvalue weighted by atomic mass is 32.2. The molecule has 2 aliphatic heterocycles. The molecule has 0 aromatic rings. The van der Waals surface area contributed by atoms with Crippen LogP contribution in [0.25, 0.3) is 0 Å². The van der Waals surface area contributed by atoms with Crippen molar-refractivity contribution in [2.75, 3.05) is 18.1 Å². The molecule has 0 bridgehead atoms.